The van der Waals surface area contributed by atoms with E-state index < -0.39 is 5.56 Å². The van der Waals surface area contributed by atoms with Gasteiger partial charge in [0.05, 0.1) is 5.52 Å². The maximum atomic E-state index is 13.4. The first-order chi connectivity index (χ1) is 12.6. The van der Waals surface area contributed by atoms with E-state index in [1.807, 2.05) is 30.3 Å². The number of nitriles is 1. The molecule has 0 spiro atoms. The molecule has 0 unspecified atom stereocenters. The van der Waals surface area contributed by atoms with E-state index in [1.165, 1.54) is 12.1 Å². The molecule has 4 rings (SSSR count). The average molecular weight is 345 g/mol. The number of nitrogens with zero attached hydrogens (tertiary/aromatic N) is 2. The summed E-state index contributed by atoms with van der Waals surface area (Å²) in [5.41, 5.74) is 2.16. The fraction of sp³-hybridized carbons (Fsp3) is 0. The van der Waals surface area contributed by atoms with Crippen molar-refractivity contribution in [1.82, 2.24) is 9.55 Å². The fourth-order valence-corrected chi connectivity index (χ4v) is 2.99. The molecule has 0 saturated heterocycles. The number of aromatic hydroxyl groups is 1. The Labute approximate surface area is 147 Å². The van der Waals surface area contributed by atoms with Crippen molar-refractivity contribution in [2.45, 2.75) is 0 Å². The largest absolute Gasteiger partial charge is 0.504 e. The third-order valence-corrected chi connectivity index (χ3v) is 4.24. The van der Waals surface area contributed by atoms with E-state index in [0.29, 0.717) is 11.0 Å². The molecule has 2 aromatic carbocycles. The number of benzene rings is 2. The van der Waals surface area contributed by atoms with Crippen molar-refractivity contribution in [3.05, 3.63) is 82.5 Å². The van der Waals surface area contributed by atoms with Gasteiger partial charge in [0.2, 0.25) is 0 Å². The van der Waals surface area contributed by atoms with Gasteiger partial charge in [0.15, 0.2) is 11.3 Å². The maximum absolute atomic E-state index is 13.4. The first kappa shape index (κ1) is 15.7. The number of hydrogen-bond donors (Lipinski definition) is 2. The molecular formula is C20H12FN3O2. The molecule has 0 atom stereocenters. The maximum Gasteiger partial charge on any atom is 0.270 e. The molecule has 6 heteroatoms. The van der Waals surface area contributed by atoms with Gasteiger partial charge in [-0.15, -0.1) is 0 Å². The summed E-state index contributed by atoms with van der Waals surface area (Å²) in [5, 5.41) is 19.4. The Morgan fingerprint density at radius 3 is 2.54 bits per heavy atom. The van der Waals surface area contributed by atoms with Crippen molar-refractivity contribution in [1.29, 1.82) is 5.26 Å². The Hall–Kier alpha value is -3.85. The highest BCUT2D eigenvalue weighted by Gasteiger charge is 2.15. The monoisotopic (exact) mass is 345 g/mol. The summed E-state index contributed by atoms with van der Waals surface area (Å²) in [5.74, 6) is -0.661. The van der Waals surface area contributed by atoms with Crippen molar-refractivity contribution in [3.8, 4) is 28.6 Å². The van der Waals surface area contributed by atoms with Gasteiger partial charge in [-0.25, -0.2) is 4.39 Å². The Morgan fingerprint density at radius 2 is 1.85 bits per heavy atom. The molecule has 2 aromatic heterocycles. The van der Waals surface area contributed by atoms with E-state index in [4.69, 9.17) is 5.26 Å². The SMILES string of the molecule is N#Cc1c(O)c2c(ccn2-c2ccc(-c3cccc(F)c3)cc2)[nH]c1=O. The van der Waals surface area contributed by atoms with Crippen molar-refractivity contribution in [2.24, 2.45) is 0 Å². The van der Waals surface area contributed by atoms with E-state index in [1.54, 1.807) is 29.0 Å². The quantitative estimate of drug-likeness (QED) is 0.581. The van der Waals surface area contributed by atoms with Gasteiger partial charge < -0.3 is 14.7 Å². The van der Waals surface area contributed by atoms with Gasteiger partial charge in [-0.1, -0.05) is 24.3 Å². The lowest BCUT2D eigenvalue weighted by atomic mass is 10.1. The predicted molar refractivity (Wildman–Crippen MR) is 95.7 cm³/mol. The molecule has 2 N–H and O–H groups in total. The van der Waals surface area contributed by atoms with Crippen LogP contribution in [0.5, 0.6) is 5.75 Å². The van der Waals surface area contributed by atoms with Crippen molar-refractivity contribution >= 4 is 11.0 Å². The van der Waals surface area contributed by atoms with Gasteiger partial charge in [0.1, 0.15) is 17.4 Å². The van der Waals surface area contributed by atoms with Crippen LogP contribution in [-0.4, -0.2) is 14.7 Å². The third-order valence-electron chi connectivity index (χ3n) is 4.24. The molecule has 0 radical (unpaired) electrons. The lowest BCUT2D eigenvalue weighted by Gasteiger charge is -2.09. The Bertz CT molecular complexity index is 1230. The molecule has 5 nitrogen and oxygen atoms in total. The molecule has 26 heavy (non-hydrogen) atoms. The minimum atomic E-state index is -0.628. The molecule has 0 aliphatic carbocycles. The minimum absolute atomic E-state index is 0.305. The minimum Gasteiger partial charge on any atom is -0.504 e. The summed E-state index contributed by atoms with van der Waals surface area (Å²) in [4.78, 5) is 14.4. The molecule has 0 aliphatic rings. The molecule has 0 aliphatic heterocycles. The summed E-state index contributed by atoms with van der Waals surface area (Å²) >= 11 is 0. The van der Waals surface area contributed by atoms with Crippen molar-refractivity contribution in [2.75, 3.05) is 0 Å². The lowest BCUT2D eigenvalue weighted by Crippen LogP contribution is -2.10. The van der Waals surface area contributed by atoms with Crippen molar-refractivity contribution in [3.63, 3.8) is 0 Å². The standard InChI is InChI=1S/C20H12FN3O2/c21-14-3-1-2-13(10-14)12-4-6-15(7-5-12)24-9-8-17-18(24)19(25)16(11-22)20(26)23-17/h1-10H,(H2,23,25,26). The van der Waals surface area contributed by atoms with Gasteiger partial charge in [0.25, 0.3) is 5.56 Å². The number of aromatic amines is 1. The van der Waals surface area contributed by atoms with E-state index in [-0.39, 0.29) is 17.1 Å². The normalized spacial score (nSPS) is 10.8. The zero-order chi connectivity index (χ0) is 18.3. The number of halogens is 1. The number of rotatable bonds is 2. The van der Waals surface area contributed by atoms with Crippen LogP contribution in [0.15, 0.2) is 65.6 Å². The molecule has 0 fully saturated rings. The Balaban J connectivity index is 1.84. The third kappa shape index (κ3) is 2.43. The second-order valence-corrected chi connectivity index (χ2v) is 5.79. The molecule has 126 valence electrons. The molecule has 4 aromatic rings. The van der Waals surface area contributed by atoms with Crippen LogP contribution in [0.2, 0.25) is 0 Å². The highest BCUT2D eigenvalue weighted by atomic mass is 19.1. The highest BCUT2D eigenvalue weighted by molar-refractivity contribution is 5.86. The number of aromatic nitrogens is 2. The summed E-state index contributed by atoms with van der Waals surface area (Å²) in [6.07, 6.45) is 1.69. The van der Waals surface area contributed by atoms with Gasteiger partial charge >= 0.3 is 0 Å². The van der Waals surface area contributed by atoms with Crippen LogP contribution in [0.3, 0.4) is 0 Å². The first-order valence-electron chi connectivity index (χ1n) is 7.81. The van der Waals surface area contributed by atoms with E-state index in [2.05, 4.69) is 4.98 Å². The summed E-state index contributed by atoms with van der Waals surface area (Å²) in [6, 6.07) is 17.0. The van der Waals surface area contributed by atoms with Crippen LogP contribution in [-0.2, 0) is 0 Å². The van der Waals surface area contributed by atoms with Crippen molar-refractivity contribution < 1.29 is 9.50 Å². The van der Waals surface area contributed by atoms with Crippen LogP contribution in [0.25, 0.3) is 27.8 Å². The number of H-pyrrole nitrogens is 1. The first-order valence-corrected chi connectivity index (χ1v) is 7.81. The molecular weight excluding hydrogens is 333 g/mol. The smallest absolute Gasteiger partial charge is 0.270 e. The zero-order valence-corrected chi connectivity index (χ0v) is 13.4. The molecule has 0 bridgehead atoms. The summed E-state index contributed by atoms with van der Waals surface area (Å²) in [7, 11) is 0. The molecule has 0 saturated carbocycles. The average Bonchev–Trinajstić information content (AvgIpc) is 3.06. The Morgan fingerprint density at radius 1 is 1.08 bits per heavy atom. The van der Waals surface area contributed by atoms with E-state index >= 15 is 0 Å². The predicted octanol–water partition coefficient (Wildman–Crippen LogP) is 3.70. The van der Waals surface area contributed by atoms with Gasteiger partial charge in [-0.2, -0.15) is 5.26 Å². The van der Waals surface area contributed by atoms with Gasteiger partial charge in [0, 0.05) is 11.9 Å². The summed E-state index contributed by atoms with van der Waals surface area (Å²) < 4.78 is 15.1. The number of nitrogens with one attached hydrogen (secondary N) is 1. The van der Waals surface area contributed by atoms with Crippen LogP contribution in [0.1, 0.15) is 5.56 Å². The highest BCUT2D eigenvalue weighted by Crippen LogP contribution is 2.29. The van der Waals surface area contributed by atoms with Crippen LogP contribution < -0.4 is 5.56 Å². The second kappa shape index (κ2) is 5.90. The topological polar surface area (TPSA) is 81.8 Å². The number of pyridine rings is 1. The molecule has 2 heterocycles. The van der Waals surface area contributed by atoms with E-state index in [9.17, 15) is 14.3 Å². The van der Waals surface area contributed by atoms with Crippen LogP contribution in [0.4, 0.5) is 4.39 Å². The lowest BCUT2D eigenvalue weighted by molar-refractivity contribution is 0.476. The summed E-state index contributed by atoms with van der Waals surface area (Å²) in [6.45, 7) is 0. The molecule has 0 amide bonds. The van der Waals surface area contributed by atoms with Crippen LogP contribution >= 0.6 is 0 Å². The number of fused-ring (bicyclic) bond motifs is 1. The number of hydrogen-bond acceptors (Lipinski definition) is 3. The van der Waals surface area contributed by atoms with Gasteiger partial charge in [-0.3, -0.25) is 4.79 Å². The fourth-order valence-electron chi connectivity index (χ4n) is 2.99. The zero-order valence-electron chi connectivity index (χ0n) is 13.4. The Kier molecular flexibility index (Phi) is 3.55. The second-order valence-electron chi connectivity index (χ2n) is 5.79. The van der Waals surface area contributed by atoms with Crippen LogP contribution in [0, 0.1) is 17.1 Å². The van der Waals surface area contributed by atoms with E-state index in [0.717, 1.165) is 16.8 Å². The van der Waals surface area contributed by atoms with Gasteiger partial charge in [-0.05, 0) is 41.5 Å².